The molecule has 0 radical (unpaired) electrons. The van der Waals surface area contributed by atoms with Crippen LogP contribution in [0.25, 0.3) is 0 Å². The molecular weight excluding hydrogens is 158 g/mol. The van der Waals surface area contributed by atoms with Gasteiger partial charge in [0.05, 0.1) is 26.7 Å². The van der Waals surface area contributed by atoms with Gasteiger partial charge in [-0.3, -0.25) is 0 Å². The van der Waals surface area contributed by atoms with Crippen LogP contribution in [0.3, 0.4) is 0 Å². The highest BCUT2D eigenvalue weighted by Gasteiger charge is 2.10. The predicted octanol–water partition coefficient (Wildman–Crippen LogP) is 2.74. The molecule has 0 atom stereocenters. The molecule has 0 unspecified atom stereocenters. The number of hydrogen-bond acceptors (Lipinski definition) is 0. The maximum absolute atomic E-state index is 5.00. The van der Waals surface area contributed by atoms with Gasteiger partial charge < -0.3 is 4.48 Å². The summed E-state index contributed by atoms with van der Waals surface area (Å²) in [5.74, 6) is 0.722. The minimum atomic E-state index is 0.722. The molecule has 0 N–H and O–H groups in total. The highest BCUT2D eigenvalue weighted by molar-refractivity contribution is 6.17. The fourth-order valence-electron chi connectivity index (χ4n) is 0.671. The molecule has 70 valence electrons. The minimum Gasteiger partial charge on any atom is -0.327 e. The molecule has 0 amide bonds. The van der Waals surface area contributed by atoms with Crippen molar-refractivity contribution in [1.82, 2.24) is 0 Å². The van der Waals surface area contributed by atoms with Crippen molar-refractivity contribution in [3.63, 3.8) is 0 Å². The lowest BCUT2D eigenvalue weighted by atomic mass is 10.4. The van der Waals surface area contributed by atoms with E-state index in [1.807, 2.05) is 6.92 Å². The first-order valence-corrected chi connectivity index (χ1v) is 5.03. The monoisotopic (exact) mass is 180 g/mol. The van der Waals surface area contributed by atoms with E-state index in [2.05, 4.69) is 27.8 Å². The number of quaternary nitrogens is 1. The lowest BCUT2D eigenvalue weighted by Crippen LogP contribution is -2.42. The Hall–Kier alpha value is 0.250. The number of halogens is 1. The van der Waals surface area contributed by atoms with Crippen molar-refractivity contribution < 1.29 is 4.48 Å². The largest absolute Gasteiger partial charge is 0.327 e. The van der Waals surface area contributed by atoms with E-state index in [0.717, 1.165) is 5.88 Å². The summed E-state index contributed by atoms with van der Waals surface area (Å²) in [5, 5.41) is 0. The van der Waals surface area contributed by atoms with Gasteiger partial charge >= 0.3 is 0 Å². The van der Waals surface area contributed by atoms with Crippen LogP contribution in [0.5, 0.6) is 0 Å². The van der Waals surface area contributed by atoms with Gasteiger partial charge in [-0.1, -0.05) is 6.92 Å². The highest BCUT2D eigenvalue weighted by Crippen LogP contribution is 1.97. The summed E-state index contributed by atoms with van der Waals surface area (Å²) < 4.78 is 1.21. The molecule has 2 heteroatoms. The Labute approximate surface area is 76.9 Å². The second-order valence-electron chi connectivity index (χ2n) is 2.84. The SMILES string of the molecule is CCCl.CC[N+](C)(CC)CC. The van der Waals surface area contributed by atoms with Crippen molar-refractivity contribution in [2.75, 3.05) is 32.6 Å². The average Bonchev–Trinajstić information content (AvgIpc) is 2.05. The van der Waals surface area contributed by atoms with Gasteiger partial charge in [0.25, 0.3) is 0 Å². The number of hydrogen-bond donors (Lipinski definition) is 0. The smallest absolute Gasteiger partial charge is 0.0755 e. The Kier molecular flexibility index (Phi) is 10.5. The van der Waals surface area contributed by atoms with Crippen LogP contribution in [0.15, 0.2) is 0 Å². The molecule has 0 saturated carbocycles. The maximum atomic E-state index is 5.00. The van der Waals surface area contributed by atoms with Crippen LogP contribution >= 0.6 is 11.6 Å². The second kappa shape index (κ2) is 8.35. The van der Waals surface area contributed by atoms with Crippen molar-refractivity contribution in [2.45, 2.75) is 27.7 Å². The van der Waals surface area contributed by atoms with Crippen LogP contribution in [0, 0.1) is 0 Å². The van der Waals surface area contributed by atoms with Crippen LogP contribution in [0.4, 0.5) is 0 Å². The van der Waals surface area contributed by atoms with Gasteiger partial charge in [0, 0.05) is 5.88 Å². The molecule has 0 bridgehead atoms. The molecule has 0 aromatic carbocycles. The molecule has 0 aliphatic heterocycles. The summed E-state index contributed by atoms with van der Waals surface area (Å²) in [4.78, 5) is 0. The molecule has 0 heterocycles. The number of rotatable bonds is 3. The van der Waals surface area contributed by atoms with Gasteiger partial charge in [0.2, 0.25) is 0 Å². The van der Waals surface area contributed by atoms with Crippen molar-refractivity contribution >= 4 is 11.6 Å². The second-order valence-corrected chi connectivity index (χ2v) is 3.37. The van der Waals surface area contributed by atoms with Crippen molar-refractivity contribution in [3.05, 3.63) is 0 Å². The Morgan fingerprint density at radius 3 is 1.09 bits per heavy atom. The maximum Gasteiger partial charge on any atom is 0.0755 e. The summed E-state index contributed by atoms with van der Waals surface area (Å²) in [5.41, 5.74) is 0. The molecule has 0 fully saturated rings. The Balaban J connectivity index is 0. The third-order valence-electron chi connectivity index (χ3n) is 2.29. The topological polar surface area (TPSA) is 0 Å². The third-order valence-corrected chi connectivity index (χ3v) is 2.29. The molecule has 0 aliphatic carbocycles. The van der Waals surface area contributed by atoms with Crippen LogP contribution < -0.4 is 0 Å². The van der Waals surface area contributed by atoms with Crippen molar-refractivity contribution in [1.29, 1.82) is 0 Å². The summed E-state index contributed by atoms with van der Waals surface area (Å²) in [6, 6.07) is 0. The lowest BCUT2D eigenvalue weighted by Gasteiger charge is -2.30. The van der Waals surface area contributed by atoms with Crippen LogP contribution in [-0.2, 0) is 0 Å². The number of alkyl halides is 1. The van der Waals surface area contributed by atoms with Crippen LogP contribution in [-0.4, -0.2) is 37.0 Å². The van der Waals surface area contributed by atoms with Gasteiger partial charge in [0.1, 0.15) is 0 Å². The van der Waals surface area contributed by atoms with Crippen LogP contribution in [0.2, 0.25) is 0 Å². The van der Waals surface area contributed by atoms with E-state index in [4.69, 9.17) is 11.6 Å². The molecule has 0 spiro atoms. The normalized spacial score (nSPS) is 10.4. The first-order valence-electron chi connectivity index (χ1n) is 4.49. The van der Waals surface area contributed by atoms with E-state index in [0.29, 0.717) is 0 Å². The summed E-state index contributed by atoms with van der Waals surface area (Å²) in [6.07, 6.45) is 0. The zero-order valence-corrected chi connectivity index (χ0v) is 9.41. The first kappa shape index (κ1) is 13.8. The van der Waals surface area contributed by atoms with Crippen LogP contribution in [0.1, 0.15) is 27.7 Å². The molecule has 1 nitrogen and oxygen atoms in total. The van der Waals surface area contributed by atoms with E-state index < -0.39 is 0 Å². The van der Waals surface area contributed by atoms with Gasteiger partial charge in [-0.25, -0.2) is 0 Å². The summed E-state index contributed by atoms with van der Waals surface area (Å²) in [7, 11) is 2.29. The Morgan fingerprint density at radius 2 is 1.09 bits per heavy atom. The molecule has 0 saturated heterocycles. The van der Waals surface area contributed by atoms with Crippen molar-refractivity contribution in [3.8, 4) is 0 Å². The van der Waals surface area contributed by atoms with E-state index in [1.54, 1.807) is 0 Å². The average molecular weight is 181 g/mol. The highest BCUT2D eigenvalue weighted by atomic mass is 35.5. The predicted molar refractivity (Wildman–Crippen MR) is 54.2 cm³/mol. The molecule has 0 aromatic rings. The summed E-state index contributed by atoms with van der Waals surface area (Å²) >= 11 is 5.00. The van der Waals surface area contributed by atoms with E-state index in [-0.39, 0.29) is 0 Å². The van der Waals surface area contributed by atoms with Gasteiger partial charge in [0.15, 0.2) is 0 Å². The molecule has 0 rings (SSSR count). The minimum absolute atomic E-state index is 0.722. The fourth-order valence-corrected chi connectivity index (χ4v) is 0.671. The van der Waals surface area contributed by atoms with E-state index >= 15 is 0 Å². The zero-order chi connectivity index (χ0) is 9.33. The standard InChI is InChI=1S/C7H18N.C2H5Cl/c1-5-8(4,6-2)7-3;1-2-3/h5-7H2,1-4H3;2H2,1H3/q+1;. The zero-order valence-electron chi connectivity index (χ0n) is 8.65. The lowest BCUT2D eigenvalue weighted by molar-refractivity contribution is -0.904. The Morgan fingerprint density at radius 1 is 0.909 bits per heavy atom. The van der Waals surface area contributed by atoms with Gasteiger partial charge in [-0.15, -0.1) is 11.6 Å². The van der Waals surface area contributed by atoms with Gasteiger partial charge in [-0.05, 0) is 20.8 Å². The van der Waals surface area contributed by atoms with E-state index in [1.165, 1.54) is 24.1 Å². The first-order chi connectivity index (χ1) is 5.10. The molecular formula is C9H23ClN+. The molecule has 11 heavy (non-hydrogen) atoms. The molecule has 0 aromatic heterocycles. The summed E-state index contributed by atoms with van der Waals surface area (Å²) in [6.45, 7) is 12.4. The van der Waals surface area contributed by atoms with Crippen molar-refractivity contribution in [2.24, 2.45) is 0 Å². The fraction of sp³-hybridized carbons (Fsp3) is 1.00. The number of nitrogens with zero attached hydrogens (tertiary/aromatic N) is 1. The third kappa shape index (κ3) is 8.15. The van der Waals surface area contributed by atoms with E-state index in [9.17, 15) is 0 Å². The van der Waals surface area contributed by atoms with Gasteiger partial charge in [-0.2, -0.15) is 0 Å². The quantitative estimate of drug-likeness (QED) is 0.463. The Bertz CT molecular complexity index is 61.7. The molecule has 0 aliphatic rings.